The molecule has 5 nitrogen and oxygen atoms in total. The molecule has 0 fully saturated rings. The molecule has 0 aliphatic carbocycles. The summed E-state index contributed by atoms with van der Waals surface area (Å²) in [5.41, 5.74) is 9.37. The van der Waals surface area contributed by atoms with Crippen LogP contribution in [0.15, 0.2) is 99.3 Å². The van der Waals surface area contributed by atoms with Gasteiger partial charge in [-0.05, 0) is 29.8 Å². The van der Waals surface area contributed by atoms with E-state index < -0.39 is 17.4 Å². The lowest BCUT2D eigenvalue weighted by Crippen LogP contribution is -2.26. The van der Waals surface area contributed by atoms with Crippen LogP contribution in [0, 0.1) is 5.82 Å². The molecule has 0 saturated carbocycles. The van der Waals surface area contributed by atoms with Crippen molar-refractivity contribution in [3.8, 4) is 17.0 Å². The molecule has 2 aromatic heterocycles. The number of aromatic nitrogens is 1. The van der Waals surface area contributed by atoms with E-state index >= 15 is 0 Å². The highest BCUT2D eigenvalue weighted by Gasteiger charge is 2.37. The molecule has 0 radical (unpaired) electrons. The summed E-state index contributed by atoms with van der Waals surface area (Å²) < 4.78 is 26.0. The Morgan fingerprint density at radius 2 is 1.76 bits per heavy atom. The van der Waals surface area contributed by atoms with Crippen LogP contribution >= 0.6 is 11.3 Å². The van der Waals surface area contributed by atoms with E-state index in [-0.39, 0.29) is 11.4 Å². The largest absolute Gasteiger partial charge is 0.440 e. The van der Waals surface area contributed by atoms with Crippen LogP contribution in [0.5, 0.6) is 5.75 Å². The Balaban J connectivity index is 1.61. The van der Waals surface area contributed by atoms with Crippen LogP contribution in [0.4, 0.5) is 4.39 Å². The summed E-state index contributed by atoms with van der Waals surface area (Å²) in [5, 5.41) is 3.12. The molecular formula is C27H17FN2O3S. The summed E-state index contributed by atoms with van der Waals surface area (Å²) in [6.07, 6.45) is 0. The molecule has 2 N–H and O–H groups in total. The topological polar surface area (TPSA) is 78.4 Å². The van der Waals surface area contributed by atoms with Crippen molar-refractivity contribution >= 4 is 27.9 Å². The Hall–Kier alpha value is -4.23. The van der Waals surface area contributed by atoms with Crippen LogP contribution in [0.1, 0.15) is 22.1 Å². The number of allylic oxidation sites excluding steroid dienone is 1. The minimum Gasteiger partial charge on any atom is -0.440 e. The van der Waals surface area contributed by atoms with Crippen molar-refractivity contribution in [3.63, 3.8) is 0 Å². The van der Waals surface area contributed by atoms with Crippen LogP contribution in [-0.4, -0.2) is 4.98 Å². The van der Waals surface area contributed by atoms with Gasteiger partial charge >= 0.3 is 5.63 Å². The number of benzene rings is 3. The van der Waals surface area contributed by atoms with Crippen molar-refractivity contribution in [1.82, 2.24) is 4.98 Å². The van der Waals surface area contributed by atoms with E-state index in [0.717, 1.165) is 11.3 Å². The second kappa shape index (κ2) is 7.97. The van der Waals surface area contributed by atoms with E-state index in [4.69, 9.17) is 19.9 Å². The van der Waals surface area contributed by atoms with E-state index in [1.165, 1.54) is 23.5 Å². The summed E-state index contributed by atoms with van der Waals surface area (Å²) in [6, 6.07) is 23.0. The highest BCUT2D eigenvalue weighted by Crippen LogP contribution is 2.48. The maximum Gasteiger partial charge on any atom is 0.344 e. The highest BCUT2D eigenvalue weighted by molar-refractivity contribution is 7.11. The van der Waals surface area contributed by atoms with Gasteiger partial charge in [0.05, 0.1) is 28.1 Å². The van der Waals surface area contributed by atoms with Crippen molar-refractivity contribution in [2.75, 3.05) is 0 Å². The second-order valence-electron chi connectivity index (χ2n) is 7.90. The zero-order chi connectivity index (χ0) is 23.2. The molecule has 3 heterocycles. The maximum absolute atomic E-state index is 14.3. The molecule has 34 heavy (non-hydrogen) atoms. The van der Waals surface area contributed by atoms with Gasteiger partial charge in [0.1, 0.15) is 16.4 Å². The zero-order valence-electron chi connectivity index (χ0n) is 17.7. The van der Waals surface area contributed by atoms with Crippen molar-refractivity contribution in [1.29, 1.82) is 0 Å². The number of para-hydroxylation sites is 1. The Labute approximate surface area is 197 Å². The molecule has 0 saturated heterocycles. The van der Waals surface area contributed by atoms with Crippen LogP contribution in [-0.2, 0) is 0 Å². The fraction of sp³-hybridized carbons (Fsp3) is 0.0370. The Bertz CT molecular complexity index is 1640. The van der Waals surface area contributed by atoms with Gasteiger partial charge in [-0.3, -0.25) is 0 Å². The normalized spacial score (nSPS) is 15.3. The summed E-state index contributed by atoms with van der Waals surface area (Å²) in [5.74, 6) is -0.693. The van der Waals surface area contributed by atoms with E-state index in [0.29, 0.717) is 32.9 Å². The van der Waals surface area contributed by atoms with E-state index in [2.05, 4.69) is 0 Å². The number of ether oxygens (including phenoxy) is 1. The third-order valence-corrected chi connectivity index (χ3v) is 6.72. The van der Waals surface area contributed by atoms with Gasteiger partial charge in [0.25, 0.3) is 0 Å². The Morgan fingerprint density at radius 3 is 2.59 bits per heavy atom. The number of halogens is 1. The smallest absolute Gasteiger partial charge is 0.344 e. The number of nitrogens with two attached hydrogens (primary N) is 1. The van der Waals surface area contributed by atoms with Crippen LogP contribution in [0.3, 0.4) is 0 Å². The first-order valence-electron chi connectivity index (χ1n) is 10.6. The Morgan fingerprint density at radius 1 is 0.971 bits per heavy atom. The summed E-state index contributed by atoms with van der Waals surface area (Å²) >= 11 is 1.39. The number of fused-ring (bicyclic) bond motifs is 3. The number of thiazole rings is 1. The fourth-order valence-electron chi connectivity index (χ4n) is 4.33. The van der Waals surface area contributed by atoms with Crippen molar-refractivity contribution in [3.05, 3.63) is 122 Å². The first kappa shape index (κ1) is 20.4. The molecule has 3 aromatic carbocycles. The lowest BCUT2D eigenvalue weighted by atomic mass is 9.83. The van der Waals surface area contributed by atoms with Gasteiger partial charge in [0, 0.05) is 10.9 Å². The van der Waals surface area contributed by atoms with E-state index in [1.54, 1.807) is 30.3 Å². The highest BCUT2D eigenvalue weighted by atomic mass is 32.1. The van der Waals surface area contributed by atoms with Crippen molar-refractivity contribution in [2.45, 2.75) is 5.92 Å². The number of hydrogen-bond acceptors (Lipinski definition) is 6. The van der Waals surface area contributed by atoms with Gasteiger partial charge < -0.3 is 14.9 Å². The third kappa shape index (κ3) is 3.29. The molecule has 0 bridgehead atoms. The van der Waals surface area contributed by atoms with E-state index in [1.807, 2.05) is 41.8 Å². The standard InChI is InChI=1S/C27H17FN2O3S/c28-17-10-6-9-16(13-17)21-22-24(18-11-4-5-12-20(18)32-27(22)31)33-25(29)23(21)26-30-19(14-34-26)15-7-2-1-3-8-15/h1-14,21H,29H2/t21-/m0/s1. The zero-order valence-corrected chi connectivity index (χ0v) is 18.5. The molecule has 0 amide bonds. The second-order valence-corrected chi connectivity index (χ2v) is 8.76. The SMILES string of the molecule is NC1=C(c2nc(-c3ccccc3)cs2)[C@@H](c2cccc(F)c2)c2c(c3ccccc3oc2=O)O1. The third-order valence-electron chi connectivity index (χ3n) is 5.84. The molecule has 166 valence electrons. The minimum atomic E-state index is -0.713. The molecule has 1 atom stereocenters. The van der Waals surface area contributed by atoms with Gasteiger partial charge in [-0.25, -0.2) is 14.2 Å². The molecule has 1 aliphatic heterocycles. The van der Waals surface area contributed by atoms with Gasteiger partial charge in [-0.15, -0.1) is 11.3 Å². The van der Waals surface area contributed by atoms with Gasteiger partial charge in [0.15, 0.2) is 11.6 Å². The summed E-state index contributed by atoms with van der Waals surface area (Å²) in [4.78, 5) is 18.0. The van der Waals surface area contributed by atoms with Crippen LogP contribution in [0.2, 0.25) is 0 Å². The number of hydrogen-bond donors (Lipinski definition) is 1. The molecule has 5 aromatic rings. The summed E-state index contributed by atoms with van der Waals surface area (Å²) in [6.45, 7) is 0. The lowest BCUT2D eigenvalue weighted by Gasteiger charge is -2.28. The van der Waals surface area contributed by atoms with Crippen LogP contribution in [0.25, 0.3) is 27.8 Å². The van der Waals surface area contributed by atoms with Crippen molar-refractivity contribution in [2.24, 2.45) is 5.73 Å². The predicted octanol–water partition coefficient (Wildman–Crippen LogP) is 5.91. The number of rotatable bonds is 3. The Kier molecular flexibility index (Phi) is 4.78. The van der Waals surface area contributed by atoms with E-state index in [9.17, 15) is 9.18 Å². The maximum atomic E-state index is 14.3. The molecule has 7 heteroatoms. The molecule has 6 rings (SSSR count). The van der Waals surface area contributed by atoms with Gasteiger partial charge in [0.2, 0.25) is 0 Å². The first-order valence-corrected chi connectivity index (χ1v) is 11.5. The monoisotopic (exact) mass is 468 g/mol. The van der Waals surface area contributed by atoms with Gasteiger partial charge in [-0.1, -0.05) is 54.6 Å². The predicted molar refractivity (Wildman–Crippen MR) is 130 cm³/mol. The van der Waals surface area contributed by atoms with Crippen molar-refractivity contribution < 1.29 is 13.5 Å². The molecule has 0 unspecified atom stereocenters. The average Bonchev–Trinajstić information content (AvgIpc) is 3.34. The van der Waals surface area contributed by atoms with Crippen LogP contribution < -0.4 is 16.1 Å². The quantitative estimate of drug-likeness (QED) is 0.333. The molecule has 0 spiro atoms. The first-order chi connectivity index (χ1) is 16.6. The fourth-order valence-corrected chi connectivity index (χ4v) is 5.24. The number of nitrogens with zero attached hydrogens (tertiary/aromatic N) is 1. The summed E-state index contributed by atoms with van der Waals surface area (Å²) in [7, 11) is 0. The molecular weight excluding hydrogens is 451 g/mol. The minimum absolute atomic E-state index is 0.117. The molecule has 1 aliphatic rings. The average molecular weight is 469 g/mol. The van der Waals surface area contributed by atoms with Gasteiger partial charge in [-0.2, -0.15) is 0 Å². The lowest BCUT2D eigenvalue weighted by molar-refractivity contribution is 0.399.